The van der Waals surface area contributed by atoms with Gasteiger partial charge in [0.1, 0.15) is 5.78 Å². The van der Waals surface area contributed by atoms with Gasteiger partial charge in [-0.1, -0.05) is 50.5 Å². The lowest BCUT2D eigenvalue weighted by Gasteiger charge is -2.32. The molecule has 2 aliphatic rings. The van der Waals surface area contributed by atoms with Gasteiger partial charge in [-0.2, -0.15) is 0 Å². The monoisotopic (exact) mass is 270 g/mol. The summed E-state index contributed by atoms with van der Waals surface area (Å²) in [5.74, 6) is 1.87. The Hall–Kier alpha value is -1.11. The quantitative estimate of drug-likeness (QED) is 0.764. The van der Waals surface area contributed by atoms with Crippen molar-refractivity contribution in [1.29, 1.82) is 0 Å². The Morgan fingerprint density at radius 3 is 2.85 bits per heavy atom. The Balaban J connectivity index is 1.78. The van der Waals surface area contributed by atoms with Gasteiger partial charge >= 0.3 is 0 Å². The van der Waals surface area contributed by atoms with Gasteiger partial charge < -0.3 is 0 Å². The Morgan fingerprint density at radius 2 is 2.00 bits per heavy atom. The number of aryl methyl sites for hydroxylation is 1. The predicted octanol–water partition coefficient (Wildman–Crippen LogP) is 4.89. The van der Waals surface area contributed by atoms with Crippen molar-refractivity contribution in [2.45, 2.75) is 64.2 Å². The summed E-state index contributed by atoms with van der Waals surface area (Å²) in [5, 5.41) is 0. The van der Waals surface area contributed by atoms with E-state index in [0.29, 0.717) is 11.7 Å². The van der Waals surface area contributed by atoms with Crippen molar-refractivity contribution in [1.82, 2.24) is 0 Å². The number of hydrogen-bond donors (Lipinski definition) is 0. The Labute approximate surface area is 122 Å². The molecule has 1 aromatic rings. The second kappa shape index (κ2) is 6.11. The van der Waals surface area contributed by atoms with Crippen molar-refractivity contribution >= 4 is 5.78 Å². The van der Waals surface area contributed by atoms with Gasteiger partial charge in [0, 0.05) is 11.8 Å². The average molecular weight is 270 g/mol. The maximum absolute atomic E-state index is 13.0. The fraction of sp³-hybridized carbons (Fsp3) is 0.632. The highest BCUT2D eigenvalue weighted by atomic mass is 16.1. The normalized spacial score (nSPS) is 29.8. The largest absolute Gasteiger partial charge is 0.299 e. The van der Waals surface area contributed by atoms with Crippen molar-refractivity contribution < 1.29 is 4.79 Å². The first-order chi connectivity index (χ1) is 9.79. The van der Waals surface area contributed by atoms with E-state index in [9.17, 15) is 4.79 Å². The molecule has 0 amide bonds. The fourth-order valence-electron chi connectivity index (χ4n) is 4.25. The highest BCUT2D eigenvalue weighted by Crippen LogP contribution is 2.39. The summed E-state index contributed by atoms with van der Waals surface area (Å²) in [6, 6.07) is 8.61. The summed E-state index contributed by atoms with van der Waals surface area (Å²) >= 11 is 0. The van der Waals surface area contributed by atoms with Gasteiger partial charge in [0.05, 0.1) is 0 Å². The molecule has 1 aromatic carbocycles. The Kier molecular flexibility index (Phi) is 4.24. The van der Waals surface area contributed by atoms with Gasteiger partial charge in [-0.15, -0.1) is 0 Å². The maximum Gasteiger partial charge on any atom is 0.143 e. The van der Waals surface area contributed by atoms with Crippen molar-refractivity contribution in [3.63, 3.8) is 0 Å². The number of carbonyl (C=O) groups is 1. The van der Waals surface area contributed by atoms with E-state index in [1.807, 2.05) is 0 Å². The molecule has 1 fully saturated rings. The van der Waals surface area contributed by atoms with E-state index < -0.39 is 0 Å². The number of hydrogen-bond acceptors (Lipinski definition) is 1. The maximum atomic E-state index is 13.0. The SMILES string of the molecule is CCC1CCCC(C(=O)C2CCCc3ccccc32)C1. The molecule has 0 spiro atoms. The first-order valence-corrected chi connectivity index (χ1v) is 8.41. The molecule has 0 heterocycles. The first kappa shape index (κ1) is 13.9. The molecule has 0 saturated heterocycles. The molecule has 20 heavy (non-hydrogen) atoms. The molecule has 1 saturated carbocycles. The minimum atomic E-state index is 0.195. The zero-order valence-electron chi connectivity index (χ0n) is 12.6. The second-order valence-electron chi connectivity index (χ2n) is 6.68. The Morgan fingerprint density at radius 1 is 1.15 bits per heavy atom. The third-order valence-electron chi connectivity index (χ3n) is 5.48. The Bertz CT molecular complexity index is 476. The van der Waals surface area contributed by atoms with E-state index in [2.05, 4.69) is 31.2 Å². The predicted molar refractivity (Wildman–Crippen MR) is 82.9 cm³/mol. The van der Waals surface area contributed by atoms with E-state index in [1.165, 1.54) is 36.8 Å². The van der Waals surface area contributed by atoms with Crippen LogP contribution in [0.1, 0.15) is 68.9 Å². The van der Waals surface area contributed by atoms with Crippen molar-refractivity contribution in [3.05, 3.63) is 35.4 Å². The fourth-order valence-corrected chi connectivity index (χ4v) is 4.25. The molecule has 0 radical (unpaired) electrons. The van der Waals surface area contributed by atoms with Crippen LogP contribution in [-0.2, 0) is 11.2 Å². The molecular formula is C19H26O. The molecule has 1 heteroatoms. The van der Waals surface area contributed by atoms with Crippen LogP contribution < -0.4 is 0 Å². The van der Waals surface area contributed by atoms with E-state index in [4.69, 9.17) is 0 Å². The summed E-state index contributed by atoms with van der Waals surface area (Å²) in [6.07, 6.45) is 9.51. The molecule has 0 bridgehead atoms. The number of benzene rings is 1. The number of rotatable bonds is 3. The van der Waals surface area contributed by atoms with E-state index >= 15 is 0 Å². The summed E-state index contributed by atoms with van der Waals surface area (Å²) in [4.78, 5) is 13.0. The molecule has 0 N–H and O–H groups in total. The van der Waals surface area contributed by atoms with Crippen LogP contribution in [0.15, 0.2) is 24.3 Å². The topological polar surface area (TPSA) is 17.1 Å². The third kappa shape index (κ3) is 2.68. The van der Waals surface area contributed by atoms with Gasteiger partial charge in [-0.05, 0) is 49.1 Å². The second-order valence-corrected chi connectivity index (χ2v) is 6.68. The van der Waals surface area contributed by atoms with Gasteiger partial charge in [0.15, 0.2) is 0 Å². The lowest BCUT2D eigenvalue weighted by atomic mass is 9.71. The van der Waals surface area contributed by atoms with Crippen LogP contribution in [0.25, 0.3) is 0 Å². The van der Waals surface area contributed by atoms with E-state index in [0.717, 1.165) is 31.6 Å². The highest BCUT2D eigenvalue weighted by molar-refractivity contribution is 5.88. The number of carbonyl (C=O) groups excluding carboxylic acids is 1. The molecular weight excluding hydrogens is 244 g/mol. The zero-order chi connectivity index (χ0) is 13.9. The summed E-state index contributed by atoms with van der Waals surface area (Å²) in [7, 11) is 0. The van der Waals surface area contributed by atoms with Crippen molar-refractivity contribution in [3.8, 4) is 0 Å². The minimum Gasteiger partial charge on any atom is -0.299 e. The minimum absolute atomic E-state index is 0.195. The third-order valence-corrected chi connectivity index (χ3v) is 5.48. The zero-order valence-corrected chi connectivity index (χ0v) is 12.6. The smallest absolute Gasteiger partial charge is 0.143 e. The van der Waals surface area contributed by atoms with Crippen LogP contribution >= 0.6 is 0 Å². The summed E-state index contributed by atoms with van der Waals surface area (Å²) in [6.45, 7) is 2.27. The summed E-state index contributed by atoms with van der Waals surface area (Å²) < 4.78 is 0. The molecule has 3 atom stereocenters. The number of Topliss-reactive ketones (excluding diaryl/α,β-unsaturated/α-hetero) is 1. The average Bonchev–Trinajstić information content (AvgIpc) is 2.53. The van der Waals surface area contributed by atoms with Gasteiger partial charge in [-0.25, -0.2) is 0 Å². The molecule has 1 nitrogen and oxygen atoms in total. The molecule has 0 aromatic heterocycles. The summed E-state index contributed by atoms with van der Waals surface area (Å²) in [5.41, 5.74) is 2.75. The van der Waals surface area contributed by atoms with E-state index in [1.54, 1.807) is 0 Å². The molecule has 108 valence electrons. The van der Waals surface area contributed by atoms with Crippen molar-refractivity contribution in [2.24, 2.45) is 11.8 Å². The molecule has 3 unspecified atom stereocenters. The van der Waals surface area contributed by atoms with Crippen LogP contribution in [0.3, 0.4) is 0 Å². The molecule has 0 aliphatic heterocycles. The highest BCUT2D eigenvalue weighted by Gasteiger charge is 2.33. The lowest BCUT2D eigenvalue weighted by Crippen LogP contribution is -2.29. The van der Waals surface area contributed by atoms with Crippen LogP contribution in [0.2, 0.25) is 0 Å². The van der Waals surface area contributed by atoms with Crippen LogP contribution in [0.4, 0.5) is 0 Å². The van der Waals surface area contributed by atoms with E-state index in [-0.39, 0.29) is 5.92 Å². The van der Waals surface area contributed by atoms with Gasteiger partial charge in [0.25, 0.3) is 0 Å². The lowest BCUT2D eigenvalue weighted by molar-refractivity contribution is -0.126. The van der Waals surface area contributed by atoms with Crippen LogP contribution in [-0.4, -0.2) is 5.78 Å². The molecule has 3 rings (SSSR count). The number of ketones is 1. The van der Waals surface area contributed by atoms with Gasteiger partial charge in [-0.3, -0.25) is 4.79 Å². The van der Waals surface area contributed by atoms with Gasteiger partial charge in [0.2, 0.25) is 0 Å². The van der Waals surface area contributed by atoms with Crippen LogP contribution in [0.5, 0.6) is 0 Å². The number of fused-ring (bicyclic) bond motifs is 1. The van der Waals surface area contributed by atoms with Crippen LogP contribution in [0, 0.1) is 11.8 Å². The first-order valence-electron chi connectivity index (χ1n) is 8.41. The van der Waals surface area contributed by atoms with Crippen molar-refractivity contribution in [2.75, 3.05) is 0 Å². The standard InChI is InChI=1S/C19H26O/c1-2-14-7-5-10-16(13-14)19(20)18-12-6-9-15-8-3-4-11-17(15)18/h3-4,8,11,14,16,18H,2,5-7,9-10,12-13H2,1H3. The molecule has 2 aliphatic carbocycles.